The number of guanidine groups is 1. The largest absolute Gasteiger partial charge is 0.378 e. The highest BCUT2D eigenvalue weighted by Crippen LogP contribution is 2.17. The molecule has 3 heterocycles. The number of piperazine rings is 1. The van der Waals surface area contributed by atoms with Gasteiger partial charge in [-0.05, 0) is 19.8 Å². The highest BCUT2D eigenvalue weighted by atomic mass is 127. The third-order valence-corrected chi connectivity index (χ3v) is 6.14. The van der Waals surface area contributed by atoms with Gasteiger partial charge in [0, 0.05) is 64.1 Å². The van der Waals surface area contributed by atoms with Gasteiger partial charge in [-0.1, -0.05) is 13.8 Å². The standard InChI is InChI=1S/C22H39N7O2.HI/c1-5-19-18(20(6-2)26(4)25-19)16-24-22(23-7-3)29-10-8-27(9-11-29)17-21(30)28-12-14-31-15-13-28;/h5-17H2,1-4H3,(H,23,24);1H. The van der Waals surface area contributed by atoms with Crippen molar-refractivity contribution in [2.24, 2.45) is 12.0 Å². The summed E-state index contributed by atoms with van der Waals surface area (Å²) in [6.45, 7) is 14.6. The Kier molecular flexibility index (Phi) is 11.2. The molecule has 0 spiro atoms. The fourth-order valence-electron chi connectivity index (χ4n) is 4.37. The summed E-state index contributed by atoms with van der Waals surface area (Å²) >= 11 is 0. The number of aromatic nitrogens is 2. The van der Waals surface area contributed by atoms with Gasteiger partial charge in [0.1, 0.15) is 0 Å². The third-order valence-electron chi connectivity index (χ3n) is 6.14. The molecule has 1 amide bonds. The van der Waals surface area contributed by atoms with Crippen molar-refractivity contribution in [1.82, 2.24) is 29.8 Å². The average Bonchev–Trinajstić information content (AvgIpc) is 3.12. The quantitative estimate of drug-likeness (QED) is 0.306. The second kappa shape index (κ2) is 13.3. The van der Waals surface area contributed by atoms with Crippen LogP contribution in [0.4, 0.5) is 0 Å². The van der Waals surface area contributed by atoms with Gasteiger partial charge in [0.2, 0.25) is 5.91 Å². The number of nitrogens with one attached hydrogen (secondary N) is 1. The number of amides is 1. The number of hydrogen-bond donors (Lipinski definition) is 1. The van der Waals surface area contributed by atoms with Crippen molar-refractivity contribution < 1.29 is 9.53 Å². The topological polar surface area (TPSA) is 78.2 Å². The third kappa shape index (κ3) is 6.80. The monoisotopic (exact) mass is 561 g/mol. The lowest BCUT2D eigenvalue weighted by atomic mass is 10.1. The SMILES string of the molecule is CCNC(=NCc1c(CC)nn(C)c1CC)N1CCN(CC(=O)N2CCOCC2)CC1.I. The van der Waals surface area contributed by atoms with Gasteiger partial charge in [0.05, 0.1) is 32.0 Å². The minimum Gasteiger partial charge on any atom is -0.378 e. The maximum atomic E-state index is 12.5. The Balaban J connectivity index is 0.00000363. The first-order valence-electron chi connectivity index (χ1n) is 11.7. The van der Waals surface area contributed by atoms with Crippen LogP contribution in [0.15, 0.2) is 4.99 Å². The molecule has 10 heteroatoms. The van der Waals surface area contributed by atoms with Crippen LogP contribution >= 0.6 is 24.0 Å². The summed E-state index contributed by atoms with van der Waals surface area (Å²) in [5.41, 5.74) is 3.67. The second-order valence-corrected chi connectivity index (χ2v) is 8.13. The molecule has 0 bridgehead atoms. The smallest absolute Gasteiger partial charge is 0.236 e. The maximum Gasteiger partial charge on any atom is 0.236 e. The van der Waals surface area contributed by atoms with Crippen molar-refractivity contribution in [3.8, 4) is 0 Å². The van der Waals surface area contributed by atoms with Crippen LogP contribution in [-0.4, -0.2) is 102 Å². The molecule has 0 unspecified atom stereocenters. The minimum absolute atomic E-state index is 0. The summed E-state index contributed by atoms with van der Waals surface area (Å²) in [5.74, 6) is 1.17. The summed E-state index contributed by atoms with van der Waals surface area (Å²) in [7, 11) is 2.02. The van der Waals surface area contributed by atoms with E-state index in [9.17, 15) is 4.79 Å². The first kappa shape index (κ1) is 26.8. The van der Waals surface area contributed by atoms with E-state index in [1.807, 2.05) is 16.6 Å². The Hall–Kier alpha value is -1.40. The van der Waals surface area contributed by atoms with Crippen LogP contribution in [0.2, 0.25) is 0 Å². The van der Waals surface area contributed by atoms with Gasteiger partial charge < -0.3 is 19.9 Å². The molecule has 9 nitrogen and oxygen atoms in total. The predicted octanol–water partition coefficient (Wildman–Crippen LogP) is 1.10. The molecule has 2 fully saturated rings. The van der Waals surface area contributed by atoms with Gasteiger partial charge in [0.15, 0.2) is 5.96 Å². The number of hydrogen-bond acceptors (Lipinski definition) is 5. The van der Waals surface area contributed by atoms with E-state index in [0.29, 0.717) is 39.4 Å². The Morgan fingerprint density at radius 3 is 2.31 bits per heavy atom. The average molecular weight is 562 g/mol. The van der Waals surface area contributed by atoms with E-state index in [1.165, 1.54) is 11.3 Å². The molecular weight excluding hydrogens is 521 g/mol. The summed E-state index contributed by atoms with van der Waals surface area (Å²) in [5, 5.41) is 8.13. The van der Waals surface area contributed by atoms with Crippen LogP contribution in [-0.2, 0) is 36.0 Å². The summed E-state index contributed by atoms with van der Waals surface area (Å²) < 4.78 is 7.35. The van der Waals surface area contributed by atoms with Crippen molar-refractivity contribution in [3.63, 3.8) is 0 Å². The molecule has 1 aromatic heterocycles. The van der Waals surface area contributed by atoms with Gasteiger partial charge in [-0.15, -0.1) is 24.0 Å². The van der Waals surface area contributed by atoms with E-state index in [-0.39, 0.29) is 29.9 Å². The zero-order valence-corrected chi connectivity index (χ0v) is 22.4. The molecule has 32 heavy (non-hydrogen) atoms. The normalized spacial score (nSPS) is 17.9. The maximum absolute atomic E-state index is 12.5. The molecule has 1 N–H and O–H groups in total. The van der Waals surface area contributed by atoms with Crippen LogP contribution in [0.25, 0.3) is 0 Å². The Labute approximate surface area is 209 Å². The van der Waals surface area contributed by atoms with E-state index in [0.717, 1.165) is 57.2 Å². The summed E-state index contributed by atoms with van der Waals surface area (Å²) in [6.07, 6.45) is 1.88. The van der Waals surface area contributed by atoms with Gasteiger partial charge >= 0.3 is 0 Å². The van der Waals surface area contributed by atoms with E-state index in [1.54, 1.807) is 0 Å². The van der Waals surface area contributed by atoms with Crippen molar-refractivity contribution in [2.45, 2.75) is 40.2 Å². The summed E-state index contributed by atoms with van der Waals surface area (Å²) in [4.78, 5) is 24.0. The lowest BCUT2D eigenvalue weighted by Crippen LogP contribution is -2.54. The van der Waals surface area contributed by atoms with Gasteiger partial charge in [-0.25, -0.2) is 4.99 Å². The lowest BCUT2D eigenvalue weighted by Gasteiger charge is -2.37. The van der Waals surface area contributed by atoms with Crippen molar-refractivity contribution in [2.75, 3.05) is 65.6 Å². The number of nitrogens with zero attached hydrogens (tertiary/aromatic N) is 6. The Morgan fingerprint density at radius 2 is 1.72 bits per heavy atom. The molecule has 1 aromatic rings. The van der Waals surface area contributed by atoms with Crippen molar-refractivity contribution in [1.29, 1.82) is 0 Å². The number of aryl methyl sites for hydroxylation is 2. The molecule has 0 aromatic carbocycles. The zero-order valence-electron chi connectivity index (χ0n) is 20.1. The van der Waals surface area contributed by atoms with Crippen LogP contribution in [0, 0.1) is 0 Å². The molecule has 0 atom stereocenters. The number of aliphatic imine (C=N–C) groups is 1. The molecule has 182 valence electrons. The van der Waals surface area contributed by atoms with Crippen LogP contribution < -0.4 is 5.32 Å². The molecule has 0 saturated carbocycles. The molecule has 3 rings (SSSR count). The van der Waals surface area contributed by atoms with E-state index in [2.05, 4.69) is 41.0 Å². The molecule has 2 aliphatic heterocycles. The van der Waals surface area contributed by atoms with E-state index >= 15 is 0 Å². The number of halogens is 1. The molecule has 0 aliphatic carbocycles. The number of morpholine rings is 1. The first-order chi connectivity index (χ1) is 15.1. The number of carbonyl (C=O) groups excluding carboxylic acids is 1. The molecule has 2 saturated heterocycles. The van der Waals surface area contributed by atoms with Gasteiger partial charge in [0.25, 0.3) is 0 Å². The highest BCUT2D eigenvalue weighted by Gasteiger charge is 2.24. The van der Waals surface area contributed by atoms with Crippen LogP contribution in [0.3, 0.4) is 0 Å². The van der Waals surface area contributed by atoms with E-state index in [4.69, 9.17) is 9.73 Å². The van der Waals surface area contributed by atoms with Gasteiger partial charge in [-0.3, -0.25) is 14.4 Å². The van der Waals surface area contributed by atoms with Crippen LogP contribution in [0.5, 0.6) is 0 Å². The molecule has 2 aliphatic rings. The lowest BCUT2D eigenvalue weighted by molar-refractivity contribution is -0.136. The highest BCUT2D eigenvalue weighted by molar-refractivity contribution is 14.0. The minimum atomic E-state index is 0. The Bertz CT molecular complexity index is 754. The summed E-state index contributed by atoms with van der Waals surface area (Å²) in [6, 6.07) is 0. The second-order valence-electron chi connectivity index (χ2n) is 8.13. The number of carbonyl (C=O) groups is 1. The Morgan fingerprint density at radius 1 is 1.03 bits per heavy atom. The van der Waals surface area contributed by atoms with E-state index < -0.39 is 0 Å². The van der Waals surface area contributed by atoms with Crippen molar-refractivity contribution >= 4 is 35.8 Å². The zero-order chi connectivity index (χ0) is 22.2. The van der Waals surface area contributed by atoms with Crippen LogP contribution in [0.1, 0.15) is 37.7 Å². The molecular formula is C22H40IN7O2. The van der Waals surface area contributed by atoms with Gasteiger partial charge in [-0.2, -0.15) is 5.10 Å². The molecule has 0 radical (unpaired) electrons. The first-order valence-corrected chi connectivity index (χ1v) is 11.7. The fourth-order valence-corrected chi connectivity index (χ4v) is 4.37. The predicted molar refractivity (Wildman–Crippen MR) is 138 cm³/mol. The number of rotatable bonds is 7. The van der Waals surface area contributed by atoms with Crippen molar-refractivity contribution in [3.05, 3.63) is 17.0 Å². The number of ether oxygens (including phenoxy) is 1. The fraction of sp³-hybridized carbons (Fsp3) is 0.773.